The molecule has 1 amide bonds. The zero-order valence-electron chi connectivity index (χ0n) is 14.8. The first-order valence-corrected chi connectivity index (χ1v) is 9.35. The second-order valence-electron chi connectivity index (χ2n) is 6.01. The lowest BCUT2D eigenvalue weighted by atomic mass is 10.1. The average molecular weight is 408 g/mol. The highest BCUT2D eigenvalue weighted by Gasteiger charge is 2.20. The van der Waals surface area contributed by atoms with Gasteiger partial charge in [0.2, 0.25) is 10.0 Å². The maximum atomic E-state index is 12.3. The van der Waals surface area contributed by atoms with Gasteiger partial charge in [-0.1, -0.05) is 0 Å². The van der Waals surface area contributed by atoms with Gasteiger partial charge in [0.05, 0.1) is 26.4 Å². The van der Waals surface area contributed by atoms with E-state index < -0.39 is 37.2 Å². The molecule has 0 atom stereocenters. The van der Waals surface area contributed by atoms with E-state index in [4.69, 9.17) is 0 Å². The summed E-state index contributed by atoms with van der Waals surface area (Å²) in [6.45, 7) is 3.34. The molecule has 2 N–H and O–H groups in total. The fourth-order valence-corrected chi connectivity index (χ4v) is 3.49. The number of carbonyl (C=O) groups excluding carboxylic acids is 1. The van der Waals surface area contributed by atoms with E-state index in [-0.39, 0.29) is 22.2 Å². The summed E-state index contributed by atoms with van der Waals surface area (Å²) >= 11 is 0. The molecule has 0 bridgehead atoms. The molecular weight excluding hydrogens is 392 g/mol. The Morgan fingerprint density at radius 1 is 0.964 bits per heavy atom. The number of nitro benzene ring substituents is 2. The second kappa shape index (κ2) is 8.10. The summed E-state index contributed by atoms with van der Waals surface area (Å²) in [7, 11) is -3.70. The van der Waals surface area contributed by atoms with Gasteiger partial charge >= 0.3 is 0 Å². The summed E-state index contributed by atoms with van der Waals surface area (Å²) in [5.74, 6) is -0.817. The SMILES string of the molecule is CC(C)NS(=O)(=O)c1ccc(NC(=O)c2cc([N+](=O)[O-])cc([N+](=O)[O-])c2)cc1. The maximum absolute atomic E-state index is 12.3. The molecule has 2 aromatic carbocycles. The molecule has 0 aliphatic carbocycles. The van der Waals surface area contributed by atoms with Gasteiger partial charge in [0, 0.05) is 23.9 Å². The van der Waals surface area contributed by atoms with Gasteiger partial charge in [-0.25, -0.2) is 13.1 Å². The van der Waals surface area contributed by atoms with E-state index in [9.17, 15) is 33.4 Å². The summed E-state index contributed by atoms with van der Waals surface area (Å²) in [4.78, 5) is 32.4. The van der Waals surface area contributed by atoms with Crippen LogP contribution in [-0.4, -0.2) is 30.2 Å². The quantitative estimate of drug-likeness (QED) is 0.525. The van der Waals surface area contributed by atoms with Crippen molar-refractivity contribution in [3.8, 4) is 0 Å². The lowest BCUT2D eigenvalue weighted by Crippen LogP contribution is -2.30. The van der Waals surface area contributed by atoms with Crippen molar-refractivity contribution in [3.05, 3.63) is 68.3 Å². The van der Waals surface area contributed by atoms with Gasteiger partial charge in [-0.3, -0.25) is 25.0 Å². The average Bonchev–Trinajstić information content (AvgIpc) is 2.60. The van der Waals surface area contributed by atoms with Gasteiger partial charge in [-0.05, 0) is 38.1 Å². The number of benzene rings is 2. The minimum absolute atomic E-state index is 0.00909. The van der Waals surface area contributed by atoms with Crippen molar-refractivity contribution in [3.63, 3.8) is 0 Å². The molecule has 0 radical (unpaired) electrons. The zero-order valence-corrected chi connectivity index (χ0v) is 15.6. The highest BCUT2D eigenvalue weighted by molar-refractivity contribution is 7.89. The molecule has 0 aromatic heterocycles. The topological polar surface area (TPSA) is 162 Å². The summed E-state index contributed by atoms with van der Waals surface area (Å²) in [5.41, 5.74) is -1.26. The Morgan fingerprint density at radius 3 is 1.89 bits per heavy atom. The lowest BCUT2D eigenvalue weighted by molar-refractivity contribution is -0.394. The van der Waals surface area contributed by atoms with Gasteiger partial charge < -0.3 is 5.32 Å². The predicted octanol–water partition coefficient (Wildman–Crippen LogP) is 2.44. The van der Waals surface area contributed by atoms with Gasteiger partial charge in [0.15, 0.2) is 0 Å². The Bertz CT molecular complexity index is 1000. The molecule has 0 unspecified atom stereocenters. The third kappa shape index (κ3) is 5.08. The molecule has 0 heterocycles. The number of hydrogen-bond donors (Lipinski definition) is 2. The monoisotopic (exact) mass is 408 g/mol. The number of rotatable bonds is 7. The Morgan fingerprint density at radius 2 is 1.46 bits per heavy atom. The molecule has 0 aliphatic heterocycles. The second-order valence-corrected chi connectivity index (χ2v) is 7.72. The highest BCUT2D eigenvalue weighted by atomic mass is 32.2. The number of nitrogens with zero attached hydrogens (tertiary/aromatic N) is 2. The minimum atomic E-state index is -3.70. The van der Waals surface area contributed by atoms with Crippen molar-refractivity contribution < 1.29 is 23.1 Å². The van der Waals surface area contributed by atoms with Crippen LogP contribution in [0.25, 0.3) is 0 Å². The van der Waals surface area contributed by atoms with E-state index in [1.54, 1.807) is 13.8 Å². The van der Waals surface area contributed by atoms with Crippen LogP contribution in [0.4, 0.5) is 17.1 Å². The Labute approximate surface area is 159 Å². The van der Waals surface area contributed by atoms with Crippen LogP contribution in [0.2, 0.25) is 0 Å². The molecule has 0 saturated carbocycles. The number of anilines is 1. The van der Waals surface area contributed by atoms with Gasteiger partial charge in [-0.2, -0.15) is 0 Å². The van der Waals surface area contributed by atoms with Crippen molar-refractivity contribution >= 4 is 33.0 Å². The number of hydrogen-bond acceptors (Lipinski definition) is 7. The van der Waals surface area contributed by atoms with Crippen molar-refractivity contribution in [1.82, 2.24) is 4.72 Å². The fourth-order valence-electron chi connectivity index (χ4n) is 2.24. The fraction of sp³-hybridized carbons (Fsp3) is 0.188. The molecule has 0 saturated heterocycles. The molecule has 0 fully saturated rings. The van der Waals surface area contributed by atoms with E-state index in [1.807, 2.05) is 0 Å². The Kier molecular flexibility index (Phi) is 6.06. The van der Waals surface area contributed by atoms with Crippen LogP contribution < -0.4 is 10.0 Å². The smallest absolute Gasteiger partial charge is 0.277 e. The van der Waals surface area contributed by atoms with Crippen LogP contribution in [0, 0.1) is 20.2 Å². The normalized spacial score (nSPS) is 11.2. The van der Waals surface area contributed by atoms with E-state index in [1.165, 1.54) is 24.3 Å². The number of carbonyl (C=O) groups is 1. The standard InChI is InChI=1S/C16H16N4O7S/c1-10(2)18-28(26,27)15-5-3-12(4-6-15)17-16(21)11-7-13(19(22)23)9-14(8-11)20(24)25/h3-10,18H,1-2H3,(H,17,21). The Balaban J connectivity index is 2.26. The van der Waals surface area contributed by atoms with Crippen LogP contribution in [0.15, 0.2) is 47.4 Å². The molecule has 12 heteroatoms. The first-order chi connectivity index (χ1) is 13.0. The molecule has 0 spiro atoms. The van der Waals surface area contributed by atoms with Crippen LogP contribution in [0.1, 0.15) is 24.2 Å². The predicted molar refractivity (Wildman–Crippen MR) is 99.6 cm³/mol. The minimum Gasteiger partial charge on any atom is -0.322 e. The number of nitro groups is 2. The third-order valence-corrected chi connectivity index (χ3v) is 5.07. The molecule has 148 valence electrons. The van der Waals surface area contributed by atoms with E-state index in [2.05, 4.69) is 10.0 Å². The summed E-state index contributed by atoms with van der Waals surface area (Å²) in [5, 5.41) is 24.2. The summed E-state index contributed by atoms with van der Waals surface area (Å²) < 4.78 is 26.6. The van der Waals surface area contributed by atoms with Crippen molar-refractivity contribution in [1.29, 1.82) is 0 Å². The molecule has 11 nitrogen and oxygen atoms in total. The van der Waals surface area contributed by atoms with E-state index in [0.717, 1.165) is 18.2 Å². The maximum Gasteiger partial charge on any atom is 0.277 e. The van der Waals surface area contributed by atoms with Crippen LogP contribution in [-0.2, 0) is 10.0 Å². The van der Waals surface area contributed by atoms with Gasteiger partial charge in [0.1, 0.15) is 0 Å². The van der Waals surface area contributed by atoms with Crippen molar-refractivity contribution in [2.24, 2.45) is 0 Å². The zero-order chi connectivity index (χ0) is 21.1. The first kappa shape index (κ1) is 20.9. The molecule has 28 heavy (non-hydrogen) atoms. The Hall–Kier alpha value is -3.38. The first-order valence-electron chi connectivity index (χ1n) is 7.87. The molecule has 2 aromatic rings. The van der Waals surface area contributed by atoms with Crippen molar-refractivity contribution in [2.45, 2.75) is 24.8 Å². The van der Waals surface area contributed by atoms with E-state index in [0.29, 0.717) is 0 Å². The lowest BCUT2D eigenvalue weighted by Gasteiger charge is -2.10. The highest BCUT2D eigenvalue weighted by Crippen LogP contribution is 2.23. The van der Waals surface area contributed by atoms with E-state index >= 15 is 0 Å². The number of non-ortho nitro benzene ring substituents is 2. The number of amides is 1. The van der Waals surface area contributed by atoms with Crippen LogP contribution >= 0.6 is 0 Å². The number of nitrogens with one attached hydrogen (secondary N) is 2. The molecule has 0 aliphatic rings. The molecular formula is C16H16N4O7S. The third-order valence-electron chi connectivity index (χ3n) is 3.40. The summed E-state index contributed by atoms with van der Waals surface area (Å²) in [6.07, 6.45) is 0. The van der Waals surface area contributed by atoms with Gasteiger partial charge in [0.25, 0.3) is 17.3 Å². The van der Waals surface area contributed by atoms with Crippen LogP contribution in [0.5, 0.6) is 0 Å². The largest absolute Gasteiger partial charge is 0.322 e. The van der Waals surface area contributed by atoms with Crippen LogP contribution in [0.3, 0.4) is 0 Å². The summed E-state index contributed by atoms with van der Waals surface area (Å²) in [6, 6.07) is 7.48. The van der Waals surface area contributed by atoms with Gasteiger partial charge in [-0.15, -0.1) is 0 Å². The number of sulfonamides is 1. The van der Waals surface area contributed by atoms with Crippen molar-refractivity contribution in [2.75, 3.05) is 5.32 Å². The molecule has 2 rings (SSSR count).